The molecule has 0 amide bonds. The summed E-state index contributed by atoms with van der Waals surface area (Å²) in [5.74, 6) is -1.01. The Labute approximate surface area is 70.0 Å². The molecule has 1 aromatic rings. The lowest BCUT2D eigenvalue weighted by Gasteiger charge is -2.05. The van der Waals surface area contributed by atoms with Crippen LogP contribution in [0.4, 0.5) is 10.1 Å². The van der Waals surface area contributed by atoms with Crippen molar-refractivity contribution in [3.8, 4) is 5.75 Å². The highest BCUT2D eigenvalue weighted by molar-refractivity contribution is 5.48. The first-order chi connectivity index (χ1) is 5.65. The summed E-state index contributed by atoms with van der Waals surface area (Å²) in [5, 5.41) is 12.0. The van der Waals surface area contributed by atoms with E-state index in [9.17, 15) is 9.50 Å². The number of phenols is 1. The van der Waals surface area contributed by atoms with E-state index in [-0.39, 0.29) is 5.75 Å². The Morgan fingerprint density at radius 1 is 1.58 bits per heavy atom. The van der Waals surface area contributed by atoms with Crippen molar-refractivity contribution in [3.63, 3.8) is 0 Å². The number of rotatable bonds is 2. The molecule has 3 nitrogen and oxygen atoms in total. The third kappa shape index (κ3) is 1.65. The standard InChI is InChI=1S/C8H11FN2O/c1-11-4-5-2-6(10)3-7(9)8(5)12/h2-3,11-12H,4,10H2,1H3. The highest BCUT2D eigenvalue weighted by Crippen LogP contribution is 2.23. The number of nitrogens with two attached hydrogens (primary N) is 1. The van der Waals surface area contributed by atoms with Crippen LogP contribution in [0.1, 0.15) is 5.56 Å². The molecule has 0 bridgehead atoms. The summed E-state index contributed by atoms with van der Waals surface area (Å²) in [5.41, 5.74) is 6.16. The van der Waals surface area contributed by atoms with Gasteiger partial charge in [-0.1, -0.05) is 0 Å². The van der Waals surface area contributed by atoms with Gasteiger partial charge in [0.2, 0.25) is 0 Å². The molecule has 0 aromatic heterocycles. The number of aromatic hydroxyl groups is 1. The number of halogens is 1. The molecule has 0 fully saturated rings. The van der Waals surface area contributed by atoms with Crippen molar-refractivity contribution in [3.05, 3.63) is 23.5 Å². The molecule has 1 rings (SSSR count). The monoisotopic (exact) mass is 170 g/mol. The van der Waals surface area contributed by atoms with E-state index < -0.39 is 5.82 Å². The number of nitrogen functional groups attached to an aromatic ring is 1. The molecule has 0 saturated heterocycles. The van der Waals surface area contributed by atoms with Gasteiger partial charge in [-0.2, -0.15) is 0 Å². The lowest BCUT2D eigenvalue weighted by molar-refractivity contribution is 0.424. The quantitative estimate of drug-likeness (QED) is 0.455. The van der Waals surface area contributed by atoms with Crippen LogP contribution < -0.4 is 11.1 Å². The molecule has 0 saturated carbocycles. The zero-order valence-corrected chi connectivity index (χ0v) is 6.76. The Kier molecular flexibility index (Phi) is 2.50. The van der Waals surface area contributed by atoms with E-state index in [4.69, 9.17) is 5.73 Å². The maximum Gasteiger partial charge on any atom is 0.167 e. The van der Waals surface area contributed by atoms with E-state index in [1.807, 2.05) is 0 Å². The van der Waals surface area contributed by atoms with Gasteiger partial charge in [0.15, 0.2) is 11.6 Å². The van der Waals surface area contributed by atoms with Gasteiger partial charge in [-0.25, -0.2) is 4.39 Å². The molecule has 0 radical (unpaired) electrons. The Bertz CT molecular complexity index is 289. The van der Waals surface area contributed by atoms with E-state index in [1.165, 1.54) is 6.07 Å². The van der Waals surface area contributed by atoms with Gasteiger partial charge < -0.3 is 16.2 Å². The molecule has 12 heavy (non-hydrogen) atoms. The molecular formula is C8H11FN2O. The average molecular weight is 170 g/mol. The summed E-state index contributed by atoms with van der Waals surface area (Å²) in [6.45, 7) is 0.397. The lowest BCUT2D eigenvalue weighted by atomic mass is 10.1. The van der Waals surface area contributed by atoms with Crippen molar-refractivity contribution in [2.75, 3.05) is 12.8 Å². The zero-order chi connectivity index (χ0) is 9.14. The van der Waals surface area contributed by atoms with Gasteiger partial charge in [-0.15, -0.1) is 0 Å². The molecule has 66 valence electrons. The summed E-state index contributed by atoms with van der Waals surface area (Å²) < 4.78 is 12.8. The van der Waals surface area contributed by atoms with Crippen LogP contribution in [0.15, 0.2) is 12.1 Å². The topological polar surface area (TPSA) is 58.3 Å². The Hall–Kier alpha value is -1.29. The predicted octanol–water partition coefficient (Wildman–Crippen LogP) is 0.833. The molecular weight excluding hydrogens is 159 g/mol. The fraction of sp³-hybridized carbons (Fsp3) is 0.250. The van der Waals surface area contributed by atoms with Gasteiger partial charge in [0.05, 0.1) is 0 Å². The molecule has 0 atom stereocenters. The third-order valence-corrected chi connectivity index (χ3v) is 1.53. The van der Waals surface area contributed by atoms with Gasteiger partial charge in [-0.3, -0.25) is 0 Å². The molecule has 0 heterocycles. The molecule has 0 unspecified atom stereocenters. The second kappa shape index (κ2) is 3.40. The fourth-order valence-corrected chi connectivity index (χ4v) is 1.00. The smallest absolute Gasteiger partial charge is 0.167 e. The molecule has 0 spiro atoms. The molecule has 4 N–H and O–H groups in total. The van der Waals surface area contributed by atoms with Crippen molar-refractivity contribution in [2.24, 2.45) is 0 Å². The van der Waals surface area contributed by atoms with Crippen LogP contribution in [0.5, 0.6) is 5.75 Å². The number of hydrogen-bond donors (Lipinski definition) is 3. The summed E-state index contributed by atoms with van der Waals surface area (Å²) in [7, 11) is 1.71. The van der Waals surface area contributed by atoms with Crippen LogP contribution in [0.25, 0.3) is 0 Å². The summed E-state index contributed by atoms with van der Waals surface area (Å²) in [4.78, 5) is 0. The van der Waals surface area contributed by atoms with E-state index in [2.05, 4.69) is 5.32 Å². The fourth-order valence-electron chi connectivity index (χ4n) is 1.00. The van der Waals surface area contributed by atoms with Crippen LogP contribution >= 0.6 is 0 Å². The SMILES string of the molecule is CNCc1cc(N)cc(F)c1O. The number of hydrogen-bond acceptors (Lipinski definition) is 3. The maximum atomic E-state index is 12.8. The largest absolute Gasteiger partial charge is 0.505 e. The van der Waals surface area contributed by atoms with Crippen LogP contribution in [0.2, 0.25) is 0 Å². The number of phenolic OH excluding ortho intramolecular Hbond substituents is 1. The van der Waals surface area contributed by atoms with Crippen molar-refractivity contribution in [1.82, 2.24) is 5.32 Å². The Morgan fingerprint density at radius 2 is 2.25 bits per heavy atom. The molecule has 0 aliphatic rings. The Balaban J connectivity index is 3.09. The second-order valence-corrected chi connectivity index (χ2v) is 2.54. The van der Waals surface area contributed by atoms with Crippen molar-refractivity contribution >= 4 is 5.69 Å². The van der Waals surface area contributed by atoms with Gasteiger partial charge >= 0.3 is 0 Å². The molecule has 0 aliphatic heterocycles. The minimum absolute atomic E-state index is 0.315. The minimum Gasteiger partial charge on any atom is -0.505 e. The van der Waals surface area contributed by atoms with Gasteiger partial charge in [-0.05, 0) is 13.1 Å². The summed E-state index contributed by atoms with van der Waals surface area (Å²) >= 11 is 0. The first-order valence-electron chi connectivity index (χ1n) is 3.56. The molecule has 1 aromatic carbocycles. The van der Waals surface area contributed by atoms with E-state index in [0.717, 1.165) is 6.07 Å². The molecule has 0 aliphatic carbocycles. The van der Waals surface area contributed by atoms with Crippen molar-refractivity contribution in [2.45, 2.75) is 6.54 Å². The minimum atomic E-state index is -0.680. The first kappa shape index (κ1) is 8.80. The Morgan fingerprint density at radius 3 is 2.83 bits per heavy atom. The van der Waals surface area contributed by atoms with Crippen LogP contribution in [-0.4, -0.2) is 12.2 Å². The average Bonchev–Trinajstić information content (AvgIpc) is 2.00. The number of anilines is 1. The van der Waals surface area contributed by atoms with E-state index in [1.54, 1.807) is 7.05 Å². The van der Waals surface area contributed by atoms with Crippen LogP contribution in [-0.2, 0) is 6.54 Å². The first-order valence-corrected chi connectivity index (χ1v) is 3.56. The second-order valence-electron chi connectivity index (χ2n) is 2.54. The van der Waals surface area contributed by atoms with E-state index >= 15 is 0 Å². The highest BCUT2D eigenvalue weighted by Gasteiger charge is 2.07. The zero-order valence-electron chi connectivity index (χ0n) is 6.76. The van der Waals surface area contributed by atoms with Crippen molar-refractivity contribution in [1.29, 1.82) is 0 Å². The normalized spacial score (nSPS) is 10.2. The van der Waals surface area contributed by atoms with Crippen molar-refractivity contribution < 1.29 is 9.50 Å². The summed E-state index contributed by atoms with van der Waals surface area (Å²) in [6, 6.07) is 2.63. The lowest BCUT2D eigenvalue weighted by Crippen LogP contribution is -2.06. The highest BCUT2D eigenvalue weighted by atomic mass is 19.1. The number of nitrogens with one attached hydrogen (secondary N) is 1. The van der Waals surface area contributed by atoms with Gasteiger partial charge in [0.1, 0.15) is 0 Å². The van der Waals surface area contributed by atoms with Crippen LogP contribution in [0, 0.1) is 5.82 Å². The number of benzene rings is 1. The molecule has 4 heteroatoms. The summed E-state index contributed by atoms with van der Waals surface area (Å²) in [6.07, 6.45) is 0. The van der Waals surface area contributed by atoms with E-state index in [0.29, 0.717) is 17.8 Å². The van der Waals surface area contributed by atoms with Gasteiger partial charge in [0.25, 0.3) is 0 Å². The predicted molar refractivity (Wildman–Crippen MR) is 45.2 cm³/mol. The maximum absolute atomic E-state index is 12.8. The van der Waals surface area contributed by atoms with Gasteiger partial charge in [0, 0.05) is 23.9 Å². The third-order valence-electron chi connectivity index (χ3n) is 1.53. The van der Waals surface area contributed by atoms with Crippen LogP contribution in [0.3, 0.4) is 0 Å².